The fourth-order valence-electron chi connectivity index (χ4n) is 4.61. The highest BCUT2D eigenvalue weighted by atomic mass is 35.5. The minimum atomic E-state index is -0.0220. The first-order chi connectivity index (χ1) is 19.1. The summed E-state index contributed by atoms with van der Waals surface area (Å²) >= 11 is 9.50. The maximum absolute atomic E-state index is 13.2. The molecule has 0 bridgehead atoms. The molecule has 2 aromatic carbocycles. The second-order valence-corrected chi connectivity index (χ2v) is 11.3. The fourth-order valence-corrected chi connectivity index (χ4v) is 6.56. The number of carbonyl (C=O) groups is 1. The fraction of sp³-hybridized carbons (Fsp3) is 0.214. The molecule has 1 aliphatic rings. The monoisotopic (exact) mass is 576 g/mol. The standard InChI is InChI=1S/C28H25ClN6O2S2/c1-19-7-2-4-9-22(19)33-12-14-34(15-13-33)27(36)21-17-38-25(30-21)18-39-28-32-31-26(24-11-6-16-37-24)35(28)23-10-5-3-8-20(23)29/h2-11,16-17H,12-15,18H2,1H3. The van der Waals surface area contributed by atoms with E-state index in [1.165, 1.54) is 34.3 Å². The highest BCUT2D eigenvalue weighted by Crippen LogP contribution is 2.33. The summed E-state index contributed by atoms with van der Waals surface area (Å²) in [6.07, 6.45) is 1.60. The van der Waals surface area contributed by atoms with Crippen molar-refractivity contribution in [3.63, 3.8) is 0 Å². The first kappa shape index (κ1) is 25.7. The SMILES string of the molecule is Cc1ccccc1N1CCN(C(=O)c2csc(CSc3nnc(-c4ccco4)n3-c3ccccc3Cl)n2)CC1. The summed E-state index contributed by atoms with van der Waals surface area (Å²) in [6.45, 7) is 5.07. The number of nitrogens with zero attached hydrogens (tertiary/aromatic N) is 6. The normalized spacial score (nSPS) is 13.7. The average Bonchev–Trinajstić information content (AvgIpc) is 3.73. The quantitative estimate of drug-likeness (QED) is 0.213. The molecule has 39 heavy (non-hydrogen) atoms. The van der Waals surface area contributed by atoms with E-state index in [1.54, 1.807) is 6.26 Å². The van der Waals surface area contributed by atoms with Crippen molar-refractivity contribution in [1.29, 1.82) is 0 Å². The zero-order valence-corrected chi connectivity index (χ0v) is 23.5. The average molecular weight is 577 g/mol. The minimum Gasteiger partial charge on any atom is -0.461 e. The van der Waals surface area contributed by atoms with Crippen molar-refractivity contribution < 1.29 is 9.21 Å². The van der Waals surface area contributed by atoms with Gasteiger partial charge < -0.3 is 14.2 Å². The van der Waals surface area contributed by atoms with Gasteiger partial charge in [-0.1, -0.05) is 53.7 Å². The Bertz CT molecular complexity index is 1590. The molecule has 0 unspecified atom stereocenters. The molecule has 0 aliphatic carbocycles. The molecule has 8 nitrogen and oxygen atoms in total. The third-order valence-electron chi connectivity index (χ3n) is 6.59. The Morgan fingerprint density at radius 3 is 2.51 bits per heavy atom. The number of furan rings is 1. The van der Waals surface area contributed by atoms with Crippen LogP contribution in [0.2, 0.25) is 5.02 Å². The zero-order valence-electron chi connectivity index (χ0n) is 21.2. The van der Waals surface area contributed by atoms with Crippen LogP contribution < -0.4 is 4.90 Å². The van der Waals surface area contributed by atoms with E-state index in [9.17, 15) is 4.79 Å². The number of anilines is 1. The number of amides is 1. The van der Waals surface area contributed by atoms with E-state index in [0.717, 1.165) is 23.8 Å². The molecule has 11 heteroatoms. The van der Waals surface area contributed by atoms with Crippen LogP contribution in [0.3, 0.4) is 0 Å². The molecule has 4 heterocycles. The number of aromatic nitrogens is 4. The van der Waals surface area contributed by atoms with E-state index in [2.05, 4.69) is 51.3 Å². The van der Waals surface area contributed by atoms with Crippen molar-refractivity contribution in [2.24, 2.45) is 0 Å². The summed E-state index contributed by atoms with van der Waals surface area (Å²) in [4.78, 5) is 22.1. The smallest absolute Gasteiger partial charge is 0.273 e. The Hall–Kier alpha value is -3.60. The number of rotatable bonds is 7. The zero-order chi connectivity index (χ0) is 26.8. The molecular formula is C28H25ClN6O2S2. The third kappa shape index (κ3) is 5.32. The molecule has 0 radical (unpaired) electrons. The maximum Gasteiger partial charge on any atom is 0.273 e. The second-order valence-electron chi connectivity index (χ2n) is 9.05. The first-order valence-corrected chi connectivity index (χ1v) is 14.7. The maximum atomic E-state index is 13.2. The van der Waals surface area contributed by atoms with Crippen LogP contribution >= 0.6 is 34.7 Å². The van der Waals surface area contributed by atoms with Gasteiger partial charge in [0.1, 0.15) is 10.7 Å². The van der Waals surface area contributed by atoms with E-state index >= 15 is 0 Å². The number of piperazine rings is 1. The lowest BCUT2D eigenvalue weighted by Crippen LogP contribution is -2.49. The molecule has 0 N–H and O–H groups in total. The Labute approximate surface area is 239 Å². The van der Waals surface area contributed by atoms with E-state index in [1.807, 2.05) is 51.2 Å². The lowest BCUT2D eigenvalue weighted by Gasteiger charge is -2.36. The van der Waals surface area contributed by atoms with Gasteiger partial charge in [0.25, 0.3) is 5.91 Å². The van der Waals surface area contributed by atoms with Crippen molar-refractivity contribution >= 4 is 46.3 Å². The van der Waals surface area contributed by atoms with Crippen molar-refractivity contribution in [2.45, 2.75) is 17.8 Å². The van der Waals surface area contributed by atoms with E-state index in [0.29, 0.717) is 46.3 Å². The number of hydrogen-bond donors (Lipinski definition) is 0. The van der Waals surface area contributed by atoms with Crippen LogP contribution in [0.1, 0.15) is 21.1 Å². The number of carbonyl (C=O) groups excluding carboxylic acids is 1. The molecule has 1 fully saturated rings. The van der Waals surface area contributed by atoms with Gasteiger partial charge in [0.05, 0.1) is 22.7 Å². The number of para-hydroxylation sites is 2. The molecule has 1 saturated heterocycles. The first-order valence-electron chi connectivity index (χ1n) is 12.5. The largest absolute Gasteiger partial charge is 0.461 e. The molecule has 3 aromatic heterocycles. The summed E-state index contributed by atoms with van der Waals surface area (Å²) in [5, 5.41) is 12.7. The van der Waals surface area contributed by atoms with Gasteiger partial charge in [0.2, 0.25) is 5.82 Å². The van der Waals surface area contributed by atoms with Crippen molar-refractivity contribution in [1.82, 2.24) is 24.6 Å². The van der Waals surface area contributed by atoms with E-state index in [4.69, 9.17) is 16.0 Å². The number of thioether (sulfide) groups is 1. The Morgan fingerprint density at radius 1 is 1.00 bits per heavy atom. The van der Waals surface area contributed by atoms with Gasteiger partial charge in [-0.05, 0) is 42.8 Å². The van der Waals surface area contributed by atoms with Crippen molar-refractivity contribution in [2.75, 3.05) is 31.1 Å². The van der Waals surface area contributed by atoms with Gasteiger partial charge in [-0.2, -0.15) is 0 Å². The van der Waals surface area contributed by atoms with Gasteiger partial charge in [-0.3, -0.25) is 9.36 Å². The van der Waals surface area contributed by atoms with Crippen molar-refractivity contribution in [3.8, 4) is 17.3 Å². The number of thiazole rings is 1. The van der Waals surface area contributed by atoms with Crippen LogP contribution in [0.25, 0.3) is 17.3 Å². The lowest BCUT2D eigenvalue weighted by molar-refractivity contribution is 0.0741. The van der Waals surface area contributed by atoms with Crippen LogP contribution in [0, 0.1) is 6.92 Å². The highest BCUT2D eigenvalue weighted by Gasteiger charge is 2.25. The van der Waals surface area contributed by atoms with E-state index < -0.39 is 0 Å². The molecule has 0 spiro atoms. The third-order valence-corrected chi connectivity index (χ3v) is 8.88. The van der Waals surface area contributed by atoms with Crippen LogP contribution in [0.4, 0.5) is 5.69 Å². The molecule has 1 amide bonds. The number of benzene rings is 2. The summed E-state index contributed by atoms with van der Waals surface area (Å²) < 4.78 is 7.48. The second kappa shape index (κ2) is 11.3. The molecular weight excluding hydrogens is 552 g/mol. The van der Waals surface area contributed by atoms with Crippen LogP contribution in [-0.4, -0.2) is 56.7 Å². The Morgan fingerprint density at radius 2 is 1.77 bits per heavy atom. The summed E-state index contributed by atoms with van der Waals surface area (Å²) in [5.74, 6) is 1.68. The Balaban J connectivity index is 1.14. The van der Waals surface area contributed by atoms with Crippen LogP contribution in [0.15, 0.2) is 81.9 Å². The van der Waals surface area contributed by atoms with Crippen LogP contribution in [0.5, 0.6) is 0 Å². The molecule has 0 saturated carbocycles. The predicted molar refractivity (Wildman–Crippen MR) is 155 cm³/mol. The topological polar surface area (TPSA) is 80.3 Å². The summed E-state index contributed by atoms with van der Waals surface area (Å²) in [5.41, 5.74) is 3.74. The highest BCUT2D eigenvalue weighted by molar-refractivity contribution is 7.98. The Kier molecular flexibility index (Phi) is 7.40. The molecule has 0 atom stereocenters. The van der Waals surface area contributed by atoms with Gasteiger partial charge in [-0.25, -0.2) is 4.98 Å². The molecule has 198 valence electrons. The van der Waals surface area contributed by atoms with E-state index in [-0.39, 0.29) is 5.91 Å². The van der Waals surface area contributed by atoms with Gasteiger partial charge >= 0.3 is 0 Å². The summed E-state index contributed by atoms with van der Waals surface area (Å²) in [7, 11) is 0. The minimum absolute atomic E-state index is 0.0220. The van der Waals surface area contributed by atoms with Crippen molar-refractivity contribution in [3.05, 3.63) is 93.6 Å². The van der Waals surface area contributed by atoms with Gasteiger partial charge in [-0.15, -0.1) is 21.5 Å². The van der Waals surface area contributed by atoms with Gasteiger partial charge in [0, 0.05) is 37.2 Å². The number of halogens is 1. The number of hydrogen-bond acceptors (Lipinski definition) is 8. The molecule has 6 rings (SSSR count). The molecule has 5 aromatic rings. The number of aryl methyl sites for hydroxylation is 1. The summed E-state index contributed by atoms with van der Waals surface area (Å²) in [6, 6.07) is 19.6. The molecule has 1 aliphatic heterocycles. The van der Waals surface area contributed by atoms with Gasteiger partial charge in [0.15, 0.2) is 10.9 Å². The predicted octanol–water partition coefficient (Wildman–Crippen LogP) is 6.20. The van der Waals surface area contributed by atoms with Crippen LogP contribution in [-0.2, 0) is 5.75 Å². The lowest BCUT2D eigenvalue weighted by atomic mass is 10.1.